The average molecular weight is 1310 g/mol. The van der Waals surface area contributed by atoms with Crippen LogP contribution in [-0.2, 0) is 52.4 Å². The van der Waals surface area contributed by atoms with Crippen LogP contribution in [0.1, 0.15) is 223 Å². The maximum atomic E-state index is 14.6. The summed E-state index contributed by atoms with van der Waals surface area (Å²) in [5.41, 5.74) is -1.15. The lowest BCUT2D eigenvalue weighted by atomic mass is 9.82. The number of hydrogen-bond donors (Lipinski definition) is 10. The third-order valence-corrected chi connectivity index (χ3v) is 18.6. The van der Waals surface area contributed by atoms with Crippen LogP contribution in [0.4, 0.5) is 0 Å². The molecule has 526 valence electrons. The Kier molecular flexibility index (Phi) is 39.3. The standard InChI is InChI=1S/C65H120N4O20S/c1-42(2)67(35-21-17-24-38-84-62-59(81)56(78)53(75)45(7)87-62)50(72)29-32-65(66-49(71)28-20-15-13-11-12-14-16-27-41-90-48(10)70,33-30-51(73)68(43(3)4)36-22-18-25-39-85-63-60(82)57(79)54(76)46(8)88-63)34-31-52(74)69(44(5)6)37-23-19-26-40-86-64-61(83)58(80)55(77)47(9)89-64/h42-47,53-64,75-83H,11-41H2,1-10H3,(H,66,71)/t45-,46-,47-,53+,54+,55+,56+,57+,58+,59-,60-,61-,62-,63-,64-/m0/s1. The van der Waals surface area contributed by atoms with Gasteiger partial charge in [-0.15, -0.1) is 0 Å². The summed E-state index contributed by atoms with van der Waals surface area (Å²) in [6.45, 7) is 19.9. The van der Waals surface area contributed by atoms with E-state index in [9.17, 15) is 69.9 Å². The summed E-state index contributed by atoms with van der Waals surface area (Å²) in [4.78, 5) is 74.8. The third-order valence-electron chi connectivity index (χ3n) is 17.7. The lowest BCUT2D eigenvalue weighted by molar-refractivity contribution is -0.293. The van der Waals surface area contributed by atoms with Crippen LogP contribution in [0.15, 0.2) is 0 Å². The molecular formula is C65H120N4O20S. The number of hydrogen-bond acceptors (Lipinski definition) is 21. The van der Waals surface area contributed by atoms with E-state index >= 15 is 0 Å². The Morgan fingerprint density at radius 3 is 1.00 bits per heavy atom. The number of nitrogens with one attached hydrogen (secondary N) is 1. The van der Waals surface area contributed by atoms with Crippen molar-refractivity contribution < 1.29 is 98.4 Å². The quantitative estimate of drug-likeness (QED) is 0.0369. The summed E-state index contributed by atoms with van der Waals surface area (Å²) in [6, 6.07) is -0.542. The molecule has 0 aliphatic carbocycles. The maximum absolute atomic E-state index is 14.6. The van der Waals surface area contributed by atoms with Gasteiger partial charge in [0.15, 0.2) is 24.0 Å². The van der Waals surface area contributed by atoms with Gasteiger partial charge >= 0.3 is 0 Å². The van der Waals surface area contributed by atoms with Gasteiger partial charge < -0.3 is 94.4 Å². The van der Waals surface area contributed by atoms with Crippen LogP contribution < -0.4 is 5.32 Å². The van der Waals surface area contributed by atoms with E-state index < -0.39 is 97.7 Å². The highest BCUT2D eigenvalue weighted by Gasteiger charge is 2.45. The fourth-order valence-electron chi connectivity index (χ4n) is 11.8. The molecule has 0 aromatic rings. The highest BCUT2D eigenvalue weighted by molar-refractivity contribution is 8.13. The number of ether oxygens (including phenoxy) is 6. The molecule has 3 aliphatic heterocycles. The van der Waals surface area contributed by atoms with Gasteiger partial charge in [-0.25, -0.2) is 0 Å². The summed E-state index contributed by atoms with van der Waals surface area (Å²) < 4.78 is 34.0. The molecule has 3 rings (SSSR count). The molecule has 25 heteroatoms. The first-order chi connectivity index (χ1) is 42.6. The molecule has 0 aromatic carbocycles. The Morgan fingerprint density at radius 1 is 0.411 bits per heavy atom. The summed E-state index contributed by atoms with van der Waals surface area (Å²) in [6.07, 6.45) is -3.65. The normalized spacial score (nSPS) is 27.3. The first-order valence-electron chi connectivity index (χ1n) is 33.9. The first kappa shape index (κ1) is 81.5. The number of rotatable bonds is 45. The van der Waals surface area contributed by atoms with Crippen molar-refractivity contribution in [3.8, 4) is 0 Å². The van der Waals surface area contributed by atoms with E-state index in [4.69, 9.17) is 28.4 Å². The molecule has 0 saturated carbocycles. The van der Waals surface area contributed by atoms with Crippen molar-refractivity contribution >= 4 is 40.5 Å². The molecule has 3 fully saturated rings. The zero-order valence-corrected chi connectivity index (χ0v) is 56.9. The number of amides is 4. The van der Waals surface area contributed by atoms with Crippen molar-refractivity contribution in [2.24, 2.45) is 0 Å². The van der Waals surface area contributed by atoms with E-state index in [1.54, 1.807) is 42.4 Å². The lowest BCUT2D eigenvalue weighted by Gasteiger charge is -2.39. The Morgan fingerprint density at radius 2 is 0.700 bits per heavy atom. The van der Waals surface area contributed by atoms with Crippen LogP contribution in [0.25, 0.3) is 0 Å². The first-order valence-corrected chi connectivity index (χ1v) is 34.9. The number of nitrogens with zero attached hydrogens (tertiary/aromatic N) is 3. The molecule has 0 aromatic heterocycles. The van der Waals surface area contributed by atoms with Crippen molar-refractivity contribution in [2.75, 3.05) is 45.2 Å². The van der Waals surface area contributed by atoms with Crippen molar-refractivity contribution in [2.45, 2.75) is 339 Å². The van der Waals surface area contributed by atoms with Crippen LogP contribution in [-0.4, -0.2) is 250 Å². The minimum Gasteiger partial charge on any atom is -0.388 e. The molecule has 15 atom stereocenters. The second-order valence-electron chi connectivity index (χ2n) is 26.1. The molecule has 3 aliphatic rings. The van der Waals surface area contributed by atoms with E-state index in [2.05, 4.69) is 5.32 Å². The second-order valence-corrected chi connectivity index (χ2v) is 27.4. The Hall–Kier alpha value is -2.70. The zero-order valence-electron chi connectivity index (χ0n) is 56.1. The van der Waals surface area contributed by atoms with E-state index in [1.165, 1.54) is 11.8 Å². The van der Waals surface area contributed by atoms with Gasteiger partial charge in [-0.1, -0.05) is 50.3 Å². The average Bonchev–Trinajstić information content (AvgIpc) is 1.96. The molecule has 3 heterocycles. The predicted octanol–water partition coefficient (Wildman–Crippen LogP) is 4.73. The number of aliphatic hydroxyl groups excluding tert-OH is 9. The molecular weight excluding hydrogens is 1190 g/mol. The number of aliphatic hydroxyl groups is 9. The fourth-order valence-corrected chi connectivity index (χ4v) is 12.4. The van der Waals surface area contributed by atoms with E-state index in [0.29, 0.717) is 83.8 Å². The van der Waals surface area contributed by atoms with E-state index in [1.807, 2.05) is 41.5 Å². The predicted molar refractivity (Wildman–Crippen MR) is 340 cm³/mol. The van der Waals surface area contributed by atoms with E-state index in [-0.39, 0.29) is 112 Å². The van der Waals surface area contributed by atoms with E-state index in [0.717, 1.165) is 50.7 Å². The summed E-state index contributed by atoms with van der Waals surface area (Å²) in [5.74, 6) is 0.187. The Balaban J connectivity index is 1.81. The van der Waals surface area contributed by atoms with Gasteiger partial charge in [0.2, 0.25) is 23.6 Å². The van der Waals surface area contributed by atoms with Crippen molar-refractivity contribution in [1.82, 2.24) is 20.0 Å². The topological polar surface area (TPSA) is 345 Å². The molecule has 4 amide bonds. The fraction of sp³-hybridized carbons (Fsp3) is 0.923. The molecule has 90 heavy (non-hydrogen) atoms. The summed E-state index contributed by atoms with van der Waals surface area (Å²) in [7, 11) is 0. The van der Waals surface area contributed by atoms with Gasteiger partial charge in [0, 0.05) is 101 Å². The molecule has 0 radical (unpaired) electrons. The van der Waals surface area contributed by atoms with Gasteiger partial charge in [-0.3, -0.25) is 24.0 Å². The molecule has 3 saturated heterocycles. The van der Waals surface area contributed by atoms with Crippen molar-refractivity contribution in [3.05, 3.63) is 0 Å². The SMILES string of the molecule is CC(=O)SCCCCCCCCCCC(=O)NC(CCC(=O)N(CCCCCO[C@H]1O[C@@H](C)[C@@H](O)[C@@H](O)[C@@H]1O)C(C)C)(CCC(=O)N(CCCCCO[C@H]1O[C@@H](C)[C@@H](O)[C@@H](O)[C@@H]1O)C(C)C)CCC(=O)N(CCCCCO[C@H]1O[C@@H](C)[C@@H](O)[C@@H](O)[C@@H]1O)C(C)C. The number of carbonyl (C=O) groups is 5. The van der Waals surface area contributed by atoms with Crippen LogP contribution in [0.5, 0.6) is 0 Å². The second kappa shape index (κ2) is 43.4. The highest BCUT2D eigenvalue weighted by atomic mass is 32.2. The number of unbranched alkanes of at least 4 members (excludes halogenated alkanes) is 13. The molecule has 0 spiro atoms. The minimum atomic E-state index is -1.41. The smallest absolute Gasteiger partial charge is 0.222 e. The Bertz CT molecular complexity index is 1850. The summed E-state index contributed by atoms with van der Waals surface area (Å²) >= 11 is 1.36. The summed E-state index contributed by atoms with van der Waals surface area (Å²) in [5, 5.41) is 95.6. The van der Waals surface area contributed by atoms with Crippen molar-refractivity contribution in [1.29, 1.82) is 0 Å². The van der Waals surface area contributed by atoms with Gasteiger partial charge in [0.25, 0.3) is 0 Å². The van der Waals surface area contributed by atoms with Crippen LogP contribution in [0.3, 0.4) is 0 Å². The third kappa shape index (κ3) is 28.7. The maximum Gasteiger partial charge on any atom is 0.222 e. The number of thioether (sulfide) groups is 1. The molecule has 24 nitrogen and oxygen atoms in total. The van der Waals surface area contributed by atoms with Gasteiger partial charge in [0.05, 0.1) is 18.3 Å². The van der Waals surface area contributed by atoms with Crippen LogP contribution in [0, 0.1) is 0 Å². The van der Waals surface area contributed by atoms with Crippen LogP contribution in [0.2, 0.25) is 0 Å². The van der Waals surface area contributed by atoms with Gasteiger partial charge in [-0.2, -0.15) is 0 Å². The van der Waals surface area contributed by atoms with Gasteiger partial charge in [0.1, 0.15) is 54.9 Å². The molecule has 0 unspecified atom stereocenters. The monoisotopic (exact) mass is 1310 g/mol. The van der Waals surface area contributed by atoms with Gasteiger partial charge in [-0.05, 0) is 152 Å². The van der Waals surface area contributed by atoms with Crippen molar-refractivity contribution in [3.63, 3.8) is 0 Å². The molecule has 0 bridgehead atoms. The number of carbonyl (C=O) groups excluding carboxylic acids is 5. The van der Waals surface area contributed by atoms with Crippen LogP contribution >= 0.6 is 11.8 Å². The largest absolute Gasteiger partial charge is 0.388 e. The zero-order chi connectivity index (χ0) is 67.1. The molecule has 10 N–H and O–H groups in total. The lowest BCUT2D eigenvalue weighted by Crippen LogP contribution is -2.57. The Labute approximate surface area is 541 Å². The highest BCUT2D eigenvalue weighted by Crippen LogP contribution is 2.31. The minimum absolute atomic E-state index is 0.0232.